The first-order valence-corrected chi connectivity index (χ1v) is 9.02. The highest BCUT2D eigenvalue weighted by molar-refractivity contribution is 5.94. The summed E-state index contributed by atoms with van der Waals surface area (Å²) in [6, 6.07) is 8.05. The lowest BCUT2D eigenvalue weighted by Gasteiger charge is -2.24. The van der Waals surface area contributed by atoms with Crippen molar-refractivity contribution < 1.29 is 9.59 Å². The molecule has 24 heavy (non-hydrogen) atoms. The molecule has 3 N–H and O–H groups in total. The van der Waals surface area contributed by atoms with Crippen molar-refractivity contribution in [1.82, 2.24) is 16.0 Å². The molecule has 1 saturated heterocycles. The average molecular weight is 329 g/mol. The molecule has 130 valence electrons. The monoisotopic (exact) mass is 329 g/mol. The van der Waals surface area contributed by atoms with E-state index in [1.54, 1.807) is 13.1 Å². The maximum absolute atomic E-state index is 12.4. The molecule has 3 atom stereocenters. The second-order valence-electron chi connectivity index (χ2n) is 6.93. The minimum Gasteiger partial charge on any atom is -0.355 e. The second kappa shape index (κ2) is 7.79. The molecule has 1 aliphatic carbocycles. The van der Waals surface area contributed by atoms with Gasteiger partial charge in [0.05, 0.1) is 6.04 Å². The SMILES string of the molecule is CNC(=O)c1cccc(CCNC(=O)C2CC3CCCCC3N2)c1. The lowest BCUT2D eigenvalue weighted by Crippen LogP contribution is -2.43. The highest BCUT2D eigenvalue weighted by atomic mass is 16.2. The molecular weight excluding hydrogens is 302 g/mol. The third-order valence-corrected chi connectivity index (χ3v) is 5.31. The van der Waals surface area contributed by atoms with Gasteiger partial charge in [-0.25, -0.2) is 0 Å². The summed E-state index contributed by atoms with van der Waals surface area (Å²) in [4.78, 5) is 24.0. The van der Waals surface area contributed by atoms with Crippen molar-refractivity contribution in [3.05, 3.63) is 35.4 Å². The van der Waals surface area contributed by atoms with E-state index in [0.29, 0.717) is 24.1 Å². The zero-order chi connectivity index (χ0) is 16.9. The van der Waals surface area contributed by atoms with Gasteiger partial charge >= 0.3 is 0 Å². The summed E-state index contributed by atoms with van der Waals surface area (Å²) in [5, 5.41) is 9.18. The van der Waals surface area contributed by atoms with Gasteiger partial charge in [0.25, 0.3) is 5.91 Å². The van der Waals surface area contributed by atoms with Gasteiger partial charge in [0.15, 0.2) is 0 Å². The molecule has 2 aliphatic rings. The molecule has 1 aromatic carbocycles. The number of fused-ring (bicyclic) bond motifs is 1. The maximum Gasteiger partial charge on any atom is 0.251 e. The van der Waals surface area contributed by atoms with Gasteiger partial charge < -0.3 is 16.0 Å². The topological polar surface area (TPSA) is 70.2 Å². The Hall–Kier alpha value is -1.88. The van der Waals surface area contributed by atoms with E-state index in [1.165, 1.54) is 25.7 Å². The molecule has 3 unspecified atom stereocenters. The molecule has 1 aliphatic heterocycles. The van der Waals surface area contributed by atoms with Crippen LogP contribution in [-0.4, -0.2) is 37.5 Å². The predicted octanol–water partition coefficient (Wildman–Crippen LogP) is 1.63. The molecule has 2 fully saturated rings. The number of amides is 2. The van der Waals surface area contributed by atoms with Crippen molar-refractivity contribution >= 4 is 11.8 Å². The fraction of sp³-hybridized carbons (Fsp3) is 0.579. The molecule has 3 rings (SSSR count). The zero-order valence-corrected chi connectivity index (χ0v) is 14.3. The largest absolute Gasteiger partial charge is 0.355 e. The average Bonchev–Trinajstić information content (AvgIpc) is 3.05. The Morgan fingerprint density at radius 2 is 2.08 bits per heavy atom. The summed E-state index contributed by atoms with van der Waals surface area (Å²) >= 11 is 0. The van der Waals surface area contributed by atoms with Crippen molar-refractivity contribution in [1.29, 1.82) is 0 Å². The van der Waals surface area contributed by atoms with Crippen LogP contribution in [0.3, 0.4) is 0 Å². The molecule has 0 bridgehead atoms. The first-order chi connectivity index (χ1) is 11.7. The molecule has 1 aromatic rings. The van der Waals surface area contributed by atoms with Crippen molar-refractivity contribution in [2.75, 3.05) is 13.6 Å². The Kier molecular flexibility index (Phi) is 5.51. The van der Waals surface area contributed by atoms with Crippen LogP contribution in [-0.2, 0) is 11.2 Å². The second-order valence-corrected chi connectivity index (χ2v) is 6.93. The zero-order valence-electron chi connectivity index (χ0n) is 14.3. The van der Waals surface area contributed by atoms with Crippen LogP contribution >= 0.6 is 0 Å². The maximum atomic E-state index is 12.4. The van der Waals surface area contributed by atoms with Crippen LogP contribution in [0.25, 0.3) is 0 Å². The fourth-order valence-electron chi connectivity index (χ4n) is 3.99. The van der Waals surface area contributed by atoms with Gasteiger partial charge in [-0.3, -0.25) is 9.59 Å². The molecular formula is C19H27N3O2. The Bertz CT molecular complexity index is 588. The van der Waals surface area contributed by atoms with Gasteiger partial charge in [-0.15, -0.1) is 0 Å². The van der Waals surface area contributed by atoms with Crippen LogP contribution in [0.2, 0.25) is 0 Å². The van der Waals surface area contributed by atoms with E-state index < -0.39 is 0 Å². The highest BCUT2D eigenvalue weighted by Crippen LogP contribution is 2.33. The van der Waals surface area contributed by atoms with Gasteiger partial charge in [-0.2, -0.15) is 0 Å². The molecule has 1 saturated carbocycles. The summed E-state index contributed by atoms with van der Waals surface area (Å²) < 4.78 is 0. The van der Waals surface area contributed by atoms with Crippen molar-refractivity contribution in [3.8, 4) is 0 Å². The van der Waals surface area contributed by atoms with E-state index in [-0.39, 0.29) is 17.9 Å². The molecule has 2 amide bonds. The van der Waals surface area contributed by atoms with E-state index in [2.05, 4.69) is 16.0 Å². The molecule has 5 nitrogen and oxygen atoms in total. The summed E-state index contributed by atoms with van der Waals surface area (Å²) in [6.45, 7) is 0.601. The Labute approximate surface area is 143 Å². The van der Waals surface area contributed by atoms with Gasteiger partial charge in [-0.1, -0.05) is 25.0 Å². The van der Waals surface area contributed by atoms with Gasteiger partial charge in [0.1, 0.15) is 0 Å². The van der Waals surface area contributed by atoms with Crippen molar-refractivity contribution in [2.45, 2.75) is 50.6 Å². The predicted molar refractivity (Wildman–Crippen MR) is 93.8 cm³/mol. The summed E-state index contributed by atoms with van der Waals surface area (Å²) in [6.07, 6.45) is 6.76. The van der Waals surface area contributed by atoms with E-state index in [9.17, 15) is 9.59 Å². The Balaban J connectivity index is 1.46. The van der Waals surface area contributed by atoms with E-state index >= 15 is 0 Å². The third kappa shape index (κ3) is 3.96. The van der Waals surface area contributed by atoms with E-state index in [1.807, 2.05) is 18.2 Å². The van der Waals surface area contributed by atoms with Crippen LogP contribution < -0.4 is 16.0 Å². The molecule has 0 spiro atoms. The van der Waals surface area contributed by atoms with Crippen LogP contribution in [0.4, 0.5) is 0 Å². The number of rotatable bonds is 5. The molecule has 5 heteroatoms. The van der Waals surface area contributed by atoms with Gasteiger partial charge in [0.2, 0.25) is 5.91 Å². The number of carbonyl (C=O) groups is 2. The lowest BCUT2D eigenvalue weighted by molar-refractivity contribution is -0.122. The molecule has 1 heterocycles. The smallest absolute Gasteiger partial charge is 0.251 e. The quantitative estimate of drug-likeness (QED) is 0.769. The number of benzene rings is 1. The van der Waals surface area contributed by atoms with Gasteiger partial charge in [0, 0.05) is 25.2 Å². The van der Waals surface area contributed by atoms with Crippen LogP contribution in [0.5, 0.6) is 0 Å². The molecule has 0 aromatic heterocycles. The number of hydrogen-bond acceptors (Lipinski definition) is 3. The van der Waals surface area contributed by atoms with Crippen LogP contribution in [0.1, 0.15) is 48.0 Å². The third-order valence-electron chi connectivity index (χ3n) is 5.31. The van der Waals surface area contributed by atoms with E-state index in [4.69, 9.17) is 0 Å². The molecule has 0 radical (unpaired) electrons. The fourth-order valence-corrected chi connectivity index (χ4v) is 3.99. The number of nitrogens with one attached hydrogen (secondary N) is 3. The minimum atomic E-state index is -0.0846. The highest BCUT2D eigenvalue weighted by Gasteiger charge is 2.37. The first kappa shape index (κ1) is 17.0. The normalized spacial score (nSPS) is 25.8. The number of hydrogen-bond donors (Lipinski definition) is 3. The van der Waals surface area contributed by atoms with Crippen LogP contribution in [0, 0.1) is 5.92 Å². The Morgan fingerprint density at radius 3 is 2.88 bits per heavy atom. The first-order valence-electron chi connectivity index (χ1n) is 9.02. The van der Waals surface area contributed by atoms with E-state index in [0.717, 1.165) is 18.4 Å². The summed E-state index contributed by atoms with van der Waals surface area (Å²) in [5.41, 5.74) is 1.72. The van der Waals surface area contributed by atoms with Gasteiger partial charge in [-0.05, 0) is 49.3 Å². The van der Waals surface area contributed by atoms with Crippen molar-refractivity contribution in [2.24, 2.45) is 5.92 Å². The lowest BCUT2D eigenvalue weighted by atomic mass is 9.85. The standard InChI is InChI=1S/C19H27N3O2/c1-20-18(23)15-7-4-5-13(11-15)9-10-21-19(24)17-12-14-6-2-3-8-16(14)22-17/h4-5,7,11,14,16-17,22H,2-3,6,8-10,12H2,1H3,(H,20,23)(H,21,24). The van der Waals surface area contributed by atoms with Crippen molar-refractivity contribution in [3.63, 3.8) is 0 Å². The summed E-state index contributed by atoms with van der Waals surface area (Å²) in [7, 11) is 1.63. The summed E-state index contributed by atoms with van der Waals surface area (Å²) in [5.74, 6) is 0.712. The Morgan fingerprint density at radius 1 is 1.25 bits per heavy atom. The minimum absolute atomic E-state index is 0.0321. The number of carbonyl (C=O) groups excluding carboxylic acids is 2. The van der Waals surface area contributed by atoms with Crippen LogP contribution in [0.15, 0.2) is 24.3 Å².